The topological polar surface area (TPSA) is 26.3 Å². The van der Waals surface area contributed by atoms with Crippen molar-refractivity contribution >= 4 is 17.4 Å². The quantitative estimate of drug-likeness (QED) is 0.832. The second kappa shape index (κ2) is 5.64. The van der Waals surface area contributed by atoms with E-state index in [1.807, 2.05) is 45.0 Å². The van der Waals surface area contributed by atoms with Gasteiger partial charge in [0.05, 0.1) is 11.5 Å². The number of ketones is 1. The van der Waals surface area contributed by atoms with Crippen LogP contribution in [-0.2, 0) is 14.9 Å². The molecule has 0 aromatic heterocycles. The molecule has 19 heavy (non-hydrogen) atoms. The Morgan fingerprint density at radius 1 is 1.37 bits per heavy atom. The van der Waals surface area contributed by atoms with Crippen molar-refractivity contribution in [2.75, 3.05) is 0 Å². The summed E-state index contributed by atoms with van der Waals surface area (Å²) in [5.74, 6) is 0.167. The number of hydrogen-bond acceptors (Lipinski definition) is 2. The van der Waals surface area contributed by atoms with E-state index in [0.29, 0.717) is 5.02 Å². The van der Waals surface area contributed by atoms with E-state index in [-0.39, 0.29) is 18.0 Å². The van der Waals surface area contributed by atoms with Crippen molar-refractivity contribution in [3.8, 4) is 0 Å². The highest BCUT2D eigenvalue weighted by Gasteiger charge is 2.43. The van der Waals surface area contributed by atoms with Gasteiger partial charge in [-0.2, -0.15) is 0 Å². The maximum Gasteiger partial charge on any atom is 0.171 e. The number of benzene rings is 1. The lowest BCUT2D eigenvalue weighted by Gasteiger charge is -2.38. The summed E-state index contributed by atoms with van der Waals surface area (Å²) in [6.07, 6.45) is 2.42. The Balaban J connectivity index is 2.32. The van der Waals surface area contributed by atoms with Crippen molar-refractivity contribution in [2.24, 2.45) is 0 Å². The standard InChI is InChI=1S/C16H21ClO2/c1-11(2)19-14-9-6-10-16(3,15(14)18)12-7-4-5-8-13(12)17/h4-5,7-8,11,14H,6,9-10H2,1-3H3/t14-,16+/m0/s1. The number of halogens is 1. The van der Waals surface area contributed by atoms with Crippen LogP contribution in [0.2, 0.25) is 5.02 Å². The SMILES string of the molecule is CC(C)O[C@H]1CCC[C@](C)(c2ccccc2Cl)C1=O. The first-order valence-corrected chi connectivity index (χ1v) is 7.28. The van der Waals surface area contributed by atoms with Crippen LogP contribution in [0.5, 0.6) is 0 Å². The van der Waals surface area contributed by atoms with Crippen molar-refractivity contribution in [3.63, 3.8) is 0 Å². The number of hydrogen-bond donors (Lipinski definition) is 0. The number of ether oxygens (including phenoxy) is 1. The van der Waals surface area contributed by atoms with Crippen molar-refractivity contribution in [1.29, 1.82) is 0 Å². The van der Waals surface area contributed by atoms with E-state index in [4.69, 9.17) is 16.3 Å². The van der Waals surface area contributed by atoms with Crippen LogP contribution in [0.1, 0.15) is 45.6 Å². The molecule has 1 aliphatic carbocycles. The molecule has 0 spiro atoms. The number of carbonyl (C=O) groups excluding carboxylic acids is 1. The van der Waals surface area contributed by atoms with Gasteiger partial charge in [0.1, 0.15) is 6.10 Å². The molecule has 104 valence electrons. The van der Waals surface area contributed by atoms with E-state index >= 15 is 0 Å². The second-order valence-electron chi connectivity index (χ2n) is 5.74. The Bertz CT molecular complexity index is 470. The molecule has 2 nitrogen and oxygen atoms in total. The van der Waals surface area contributed by atoms with Crippen LogP contribution in [0, 0.1) is 0 Å². The number of Topliss-reactive ketones (excluding diaryl/α,β-unsaturated/α-hetero) is 1. The Morgan fingerprint density at radius 3 is 2.68 bits per heavy atom. The lowest BCUT2D eigenvalue weighted by molar-refractivity contribution is -0.142. The third-order valence-electron chi connectivity index (χ3n) is 3.88. The van der Waals surface area contributed by atoms with Crippen molar-refractivity contribution in [2.45, 2.75) is 57.7 Å². The van der Waals surface area contributed by atoms with Gasteiger partial charge in [0.25, 0.3) is 0 Å². The minimum Gasteiger partial charge on any atom is -0.368 e. The summed E-state index contributed by atoms with van der Waals surface area (Å²) in [7, 11) is 0. The predicted molar refractivity (Wildman–Crippen MR) is 77.7 cm³/mol. The molecule has 0 amide bonds. The van der Waals surface area contributed by atoms with Gasteiger partial charge >= 0.3 is 0 Å². The van der Waals surface area contributed by atoms with Gasteiger partial charge in [-0.05, 0) is 51.7 Å². The van der Waals surface area contributed by atoms with E-state index in [2.05, 4.69) is 0 Å². The zero-order valence-corrected chi connectivity index (χ0v) is 12.5. The van der Waals surface area contributed by atoms with Gasteiger partial charge < -0.3 is 4.74 Å². The predicted octanol–water partition coefficient (Wildman–Crippen LogP) is 4.14. The second-order valence-corrected chi connectivity index (χ2v) is 6.15. The van der Waals surface area contributed by atoms with Crippen LogP contribution in [0.4, 0.5) is 0 Å². The molecule has 1 aromatic carbocycles. The van der Waals surface area contributed by atoms with E-state index in [1.54, 1.807) is 0 Å². The normalized spacial score (nSPS) is 27.8. The van der Waals surface area contributed by atoms with Crippen LogP contribution >= 0.6 is 11.6 Å². The molecule has 1 saturated carbocycles. The van der Waals surface area contributed by atoms with Crippen molar-refractivity contribution in [3.05, 3.63) is 34.9 Å². The lowest BCUT2D eigenvalue weighted by atomic mass is 9.69. The summed E-state index contributed by atoms with van der Waals surface area (Å²) in [5, 5.41) is 0.670. The summed E-state index contributed by atoms with van der Waals surface area (Å²) in [6.45, 7) is 5.93. The van der Waals surface area contributed by atoms with Gasteiger partial charge in [-0.1, -0.05) is 29.8 Å². The number of rotatable bonds is 3. The molecule has 0 bridgehead atoms. The maximum atomic E-state index is 12.8. The molecule has 1 fully saturated rings. The summed E-state index contributed by atoms with van der Waals surface area (Å²) < 4.78 is 5.77. The molecule has 1 aliphatic rings. The summed E-state index contributed by atoms with van der Waals surface area (Å²) >= 11 is 6.27. The Morgan fingerprint density at radius 2 is 2.05 bits per heavy atom. The molecule has 0 heterocycles. The fourth-order valence-electron chi connectivity index (χ4n) is 2.89. The first kappa shape index (κ1) is 14.5. The van der Waals surface area contributed by atoms with Crippen LogP contribution in [0.15, 0.2) is 24.3 Å². The van der Waals surface area contributed by atoms with Gasteiger partial charge in [0.2, 0.25) is 0 Å². The largest absolute Gasteiger partial charge is 0.368 e. The maximum absolute atomic E-state index is 12.8. The molecule has 0 saturated heterocycles. The number of carbonyl (C=O) groups is 1. The molecular formula is C16H21ClO2. The Kier molecular flexibility index (Phi) is 4.32. The van der Waals surface area contributed by atoms with Crippen LogP contribution < -0.4 is 0 Å². The third kappa shape index (κ3) is 2.85. The molecule has 2 rings (SSSR count). The first-order valence-electron chi connectivity index (χ1n) is 6.90. The van der Waals surface area contributed by atoms with Crippen LogP contribution in [0.3, 0.4) is 0 Å². The average molecular weight is 281 g/mol. The molecule has 0 N–H and O–H groups in total. The molecule has 0 aliphatic heterocycles. The smallest absolute Gasteiger partial charge is 0.171 e. The van der Waals surface area contributed by atoms with Crippen LogP contribution in [-0.4, -0.2) is 18.0 Å². The first-order chi connectivity index (χ1) is 8.95. The zero-order chi connectivity index (χ0) is 14.0. The van der Waals surface area contributed by atoms with Gasteiger partial charge in [-0.25, -0.2) is 0 Å². The van der Waals surface area contributed by atoms with E-state index in [9.17, 15) is 4.79 Å². The van der Waals surface area contributed by atoms with Gasteiger partial charge in [0, 0.05) is 5.02 Å². The fraction of sp³-hybridized carbons (Fsp3) is 0.562. The van der Waals surface area contributed by atoms with Gasteiger partial charge in [-0.3, -0.25) is 4.79 Å². The molecule has 2 atom stereocenters. The monoisotopic (exact) mass is 280 g/mol. The van der Waals surface area contributed by atoms with Gasteiger partial charge in [-0.15, -0.1) is 0 Å². The molecular weight excluding hydrogens is 260 g/mol. The molecule has 1 aromatic rings. The average Bonchev–Trinajstić information content (AvgIpc) is 2.35. The minimum absolute atomic E-state index is 0.0718. The Labute approximate surface area is 120 Å². The molecule has 0 unspecified atom stereocenters. The highest BCUT2D eigenvalue weighted by Crippen LogP contribution is 2.40. The highest BCUT2D eigenvalue weighted by atomic mass is 35.5. The summed E-state index contributed by atoms with van der Waals surface area (Å²) in [5.41, 5.74) is 0.412. The minimum atomic E-state index is -0.518. The molecule has 0 radical (unpaired) electrons. The van der Waals surface area contributed by atoms with E-state index in [0.717, 1.165) is 24.8 Å². The lowest BCUT2D eigenvalue weighted by Crippen LogP contribution is -2.46. The zero-order valence-electron chi connectivity index (χ0n) is 11.8. The van der Waals surface area contributed by atoms with E-state index < -0.39 is 5.41 Å². The Hall–Kier alpha value is -0.860. The molecule has 3 heteroatoms. The van der Waals surface area contributed by atoms with E-state index in [1.165, 1.54) is 0 Å². The third-order valence-corrected chi connectivity index (χ3v) is 4.21. The van der Waals surface area contributed by atoms with Gasteiger partial charge in [0.15, 0.2) is 5.78 Å². The highest BCUT2D eigenvalue weighted by molar-refractivity contribution is 6.31. The fourth-order valence-corrected chi connectivity index (χ4v) is 3.23. The van der Waals surface area contributed by atoms with Crippen molar-refractivity contribution in [1.82, 2.24) is 0 Å². The summed E-state index contributed by atoms with van der Waals surface area (Å²) in [4.78, 5) is 12.8. The van der Waals surface area contributed by atoms with Crippen LogP contribution in [0.25, 0.3) is 0 Å². The summed E-state index contributed by atoms with van der Waals surface area (Å²) in [6, 6.07) is 7.64. The van der Waals surface area contributed by atoms with Crippen molar-refractivity contribution < 1.29 is 9.53 Å².